The third kappa shape index (κ3) is 3.23. The third-order valence-electron chi connectivity index (χ3n) is 4.88. The van der Waals surface area contributed by atoms with E-state index < -0.39 is 0 Å². The highest BCUT2D eigenvalue weighted by molar-refractivity contribution is 4.91. The Morgan fingerprint density at radius 3 is 2.25 bits per heavy atom. The highest BCUT2D eigenvalue weighted by Gasteiger charge is 2.36. The molecule has 0 amide bonds. The highest BCUT2D eigenvalue weighted by atomic mass is 15.0. The predicted octanol–water partition coefficient (Wildman–Crippen LogP) is 4.13. The molecule has 0 aliphatic heterocycles. The van der Waals surface area contributed by atoms with E-state index in [2.05, 4.69) is 19.2 Å². The first-order chi connectivity index (χ1) is 7.78. The van der Waals surface area contributed by atoms with Gasteiger partial charge < -0.3 is 5.32 Å². The van der Waals surface area contributed by atoms with Crippen LogP contribution in [-0.2, 0) is 0 Å². The molecule has 0 atom stereocenters. The van der Waals surface area contributed by atoms with Gasteiger partial charge in [-0.25, -0.2) is 0 Å². The third-order valence-corrected chi connectivity index (χ3v) is 4.88. The van der Waals surface area contributed by atoms with Crippen molar-refractivity contribution in [3.63, 3.8) is 0 Å². The van der Waals surface area contributed by atoms with Crippen LogP contribution in [0.3, 0.4) is 0 Å². The first-order valence-electron chi connectivity index (χ1n) is 7.51. The molecular formula is C15H29N. The van der Waals surface area contributed by atoms with Crippen LogP contribution in [0.5, 0.6) is 0 Å². The van der Waals surface area contributed by atoms with E-state index in [1.165, 1.54) is 64.3 Å². The van der Waals surface area contributed by atoms with Gasteiger partial charge in [0.1, 0.15) is 0 Å². The minimum absolute atomic E-state index is 0.680. The molecule has 0 spiro atoms. The summed E-state index contributed by atoms with van der Waals surface area (Å²) in [5.41, 5.74) is 0.680. The Kier molecular flexibility index (Phi) is 4.29. The average Bonchev–Trinajstić information content (AvgIpc) is 3.04. The van der Waals surface area contributed by atoms with Crippen LogP contribution in [0.1, 0.15) is 71.6 Å². The van der Waals surface area contributed by atoms with E-state index in [4.69, 9.17) is 0 Å². The molecule has 94 valence electrons. The minimum Gasteiger partial charge on any atom is -0.313 e. The molecule has 0 saturated heterocycles. The molecule has 2 saturated carbocycles. The summed E-state index contributed by atoms with van der Waals surface area (Å²) >= 11 is 0. The zero-order chi connectivity index (χ0) is 11.4. The normalized spacial score (nSPS) is 24.2. The first-order valence-corrected chi connectivity index (χ1v) is 7.51. The fourth-order valence-electron chi connectivity index (χ4n) is 3.42. The maximum atomic E-state index is 3.79. The average molecular weight is 223 g/mol. The van der Waals surface area contributed by atoms with Crippen molar-refractivity contribution in [1.82, 2.24) is 5.32 Å². The van der Waals surface area contributed by atoms with Gasteiger partial charge in [-0.2, -0.15) is 0 Å². The van der Waals surface area contributed by atoms with E-state index in [1.807, 2.05) is 0 Å². The van der Waals surface area contributed by atoms with Crippen LogP contribution >= 0.6 is 0 Å². The van der Waals surface area contributed by atoms with E-state index in [0.29, 0.717) is 5.41 Å². The summed E-state index contributed by atoms with van der Waals surface area (Å²) in [5, 5.41) is 3.79. The van der Waals surface area contributed by atoms with Gasteiger partial charge in [-0.1, -0.05) is 39.5 Å². The van der Waals surface area contributed by atoms with Gasteiger partial charge in [0.2, 0.25) is 0 Å². The summed E-state index contributed by atoms with van der Waals surface area (Å²) in [6.07, 6.45) is 13.0. The number of hydrogen-bond acceptors (Lipinski definition) is 1. The second kappa shape index (κ2) is 5.53. The van der Waals surface area contributed by atoms with E-state index >= 15 is 0 Å². The maximum absolute atomic E-state index is 3.79. The smallest absolute Gasteiger partial charge is 0.00684 e. The lowest BCUT2D eigenvalue weighted by Crippen LogP contribution is -2.35. The molecular weight excluding hydrogens is 194 g/mol. The molecule has 0 bridgehead atoms. The Balaban J connectivity index is 1.85. The molecule has 2 aliphatic rings. The van der Waals surface area contributed by atoms with Crippen LogP contribution < -0.4 is 5.32 Å². The molecule has 1 nitrogen and oxygen atoms in total. The topological polar surface area (TPSA) is 12.0 Å². The summed E-state index contributed by atoms with van der Waals surface area (Å²) < 4.78 is 0. The summed E-state index contributed by atoms with van der Waals surface area (Å²) in [5.74, 6) is 0.971. The molecule has 2 aliphatic carbocycles. The molecule has 0 unspecified atom stereocenters. The van der Waals surface area contributed by atoms with Crippen LogP contribution in [0.15, 0.2) is 0 Å². The van der Waals surface area contributed by atoms with E-state index in [1.54, 1.807) is 0 Å². The lowest BCUT2D eigenvalue weighted by Gasteiger charge is -2.33. The van der Waals surface area contributed by atoms with Crippen molar-refractivity contribution < 1.29 is 0 Å². The quantitative estimate of drug-likeness (QED) is 0.684. The van der Waals surface area contributed by atoms with Crippen LogP contribution in [0.2, 0.25) is 0 Å². The fraction of sp³-hybridized carbons (Fsp3) is 1.00. The summed E-state index contributed by atoms with van der Waals surface area (Å²) in [6.45, 7) is 6.05. The Bertz CT molecular complexity index is 197. The monoisotopic (exact) mass is 223 g/mol. The van der Waals surface area contributed by atoms with Crippen molar-refractivity contribution >= 4 is 0 Å². The molecule has 1 heteroatoms. The van der Waals surface area contributed by atoms with Crippen LogP contribution in [-0.4, -0.2) is 12.6 Å². The Morgan fingerprint density at radius 1 is 1.12 bits per heavy atom. The van der Waals surface area contributed by atoms with Crippen molar-refractivity contribution in [3.8, 4) is 0 Å². The van der Waals surface area contributed by atoms with Gasteiger partial charge in [-0.05, 0) is 43.4 Å². The van der Waals surface area contributed by atoms with Gasteiger partial charge in [-0.15, -0.1) is 0 Å². The largest absolute Gasteiger partial charge is 0.313 e. The minimum atomic E-state index is 0.680. The summed E-state index contributed by atoms with van der Waals surface area (Å²) in [6, 6.07) is 0.888. The van der Waals surface area contributed by atoms with Gasteiger partial charge in [0.05, 0.1) is 0 Å². The van der Waals surface area contributed by atoms with Gasteiger partial charge in [-0.3, -0.25) is 0 Å². The van der Waals surface area contributed by atoms with Crippen LogP contribution in [0.25, 0.3) is 0 Å². The first kappa shape index (κ1) is 12.4. The molecule has 16 heavy (non-hydrogen) atoms. The van der Waals surface area contributed by atoms with Crippen molar-refractivity contribution in [2.45, 2.75) is 77.7 Å². The van der Waals surface area contributed by atoms with Gasteiger partial charge in [0.15, 0.2) is 0 Å². The lowest BCUT2D eigenvalue weighted by molar-refractivity contribution is 0.203. The Labute approximate surface area is 101 Å². The van der Waals surface area contributed by atoms with Crippen LogP contribution in [0.4, 0.5) is 0 Å². The maximum Gasteiger partial charge on any atom is 0.00684 e. The van der Waals surface area contributed by atoms with Gasteiger partial charge in [0.25, 0.3) is 0 Å². The number of nitrogens with one attached hydrogen (secondary N) is 1. The van der Waals surface area contributed by atoms with Crippen molar-refractivity contribution in [2.75, 3.05) is 6.54 Å². The fourth-order valence-corrected chi connectivity index (χ4v) is 3.42. The van der Waals surface area contributed by atoms with Crippen molar-refractivity contribution in [2.24, 2.45) is 11.3 Å². The van der Waals surface area contributed by atoms with Gasteiger partial charge in [0, 0.05) is 12.6 Å². The zero-order valence-electron chi connectivity index (χ0n) is 11.2. The van der Waals surface area contributed by atoms with Crippen molar-refractivity contribution in [3.05, 3.63) is 0 Å². The second-order valence-electron chi connectivity index (χ2n) is 6.25. The molecule has 2 rings (SSSR count). The predicted molar refractivity (Wildman–Crippen MR) is 70.6 cm³/mol. The van der Waals surface area contributed by atoms with E-state index in [-0.39, 0.29) is 0 Å². The van der Waals surface area contributed by atoms with Gasteiger partial charge >= 0.3 is 0 Å². The Hall–Kier alpha value is -0.0400. The molecule has 0 aromatic rings. The van der Waals surface area contributed by atoms with E-state index in [9.17, 15) is 0 Å². The molecule has 1 N–H and O–H groups in total. The summed E-state index contributed by atoms with van der Waals surface area (Å²) in [7, 11) is 0. The van der Waals surface area contributed by atoms with Crippen LogP contribution in [0, 0.1) is 11.3 Å². The molecule has 0 aromatic heterocycles. The lowest BCUT2D eigenvalue weighted by atomic mass is 9.76. The Morgan fingerprint density at radius 2 is 1.75 bits per heavy atom. The molecule has 0 aromatic carbocycles. The molecule has 0 radical (unpaired) electrons. The summed E-state index contributed by atoms with van der Waals surface area (Å²) in [4.78, 5) is 0. The van der Waals surface area contributed by atoms with E-state index in [0.717, 1.165) is 12.0 Å². The SMILES string of the molecule is CCC(CC)CC1(CNC2CC2)CCCC1. The number of hydrogen-bond donors (Lipinski definition) is 1. The molecule has 2 fully saturated rings. The second-order valence-corrected chi connectivity index (χ2v) is 6.25. The standard InChI is InChI=1S/C15H29N/c1-3-13(4-2)11-15(9-5-6-10-15)12-16-14-7-8-14/h13-14,16H,3-12H2,1-2H3. The molecule has 0 heterocycles. The zero-order valence-corrected chi connectivity index (χ0v) is 11.2. The number of rotatable bonds is 7. The van der Waals surface area contributed by atoms with Crippen molar-refractivity contribution in [1.29, 1.82) is 0 Å². The highest BCUT2D eigenvalue weighted by Crippen LogP contribution is 2.44.